The lowest BCUT2D eigenvalue weighted by molar-refractivity contribution is -0.142. The summed E-state index contributed by atoms with van der Waals surface area (Å²) in [7, 11) is 0. The molecule has 118 valence electrons. The summed E-state index contributed by atoms with van der Waals surface area (Å²) in [5, 5.41) is 14.4. The van der Waals surface area contributed by atoms with Crippen molar-refractivity contribution in [3.05, 3.63) is 18.0 Å². The van der Waals surface area contributed by atoms with E-state index in [4.69, 9.17) is 5.11 Å². The van der Waals surface area contributed by atoms with Crippen LogP contribution in [0.4, 0.5) is 13.2 Å². The number of halogens is 3. The number of alkyl halides is 3. The van der Waals surface area contributed by atoms with E-state index in [9.17, 15) is 22.8 Å². The molecule has 6 nitrogen and oxygen atoms in total. The monoisotopic (exact) mass is 307 g/mol. The lowest BCUT2D eigenvalue weighted by atomic mass is 10.1. The topological polar surface area (TPSA) is 84.2 Å². The Morgan fingerprint density at radius 2 is 2.14 bits per heavy atom. The van der Waals surface area contributed by atoms with E-state index in [0.717, 1.165) is 16.9 Å². The molecule has 1 amide bonds. The van der Waals surface area contributed by atoms with Crippen molar-refractivity contribution >= 4 is 11.9 Å². The minimum Gasteiger partial charge on any atom is -0.481 e. The highest BCUT2D eigenvalue weighted by molar-refractivity contribution is 5.77. The quantitative estimate of drug-likeness (QED) is 0.802. The van der Waals surface area contributed by atoms with Crippen LogP contribution in [-0.4, -0.2) is 32.8 Å². The van der Waals surface area contributed by atoms with Gasteiger partial charge in [0.25, 0.3) is 0 Å². The second kappa shape index (κ2) is 7.09. The molecule has 0 aliphatic carbocycles. The van der Waals surface area contributed by atoms with Gasteiger partial charge in [-0.3, -0.25) is 14.3 Å². The summed E-state index contributed by atoms with van der Waals surface area (Å²) in [6, 6.07) is 0.228. The van der Waals surface area contributed by atoms with Crippen molar-refractivity contribution in [1.29, 1.82) is 0 Å². The number of carboxylic acids is 1. The number of hydrogen-bond donors (Lipinski definition) is 2. The molecule has 1 aromatic heterocycles. The molecule has 0 aromatic carbocycles. The normalized spacial score (nSPS) is 13.0. The Hall–Kier alpha value is -2.06. The lowest BCUT2D eigenvalue weighted by Crippen LogP contribution is -2.38. The Kier molecular flexibility index (Phi) is 5.74. The molecule has 0 spiro atoms. The molecule has 9 heteroatoms. The third kappa shape index (κ3) is 5.84. The van der Waals surface area contributed by atoms with E-state index in [0.29, 0.717) is 12.8 Å². The third-order valence-electron chi connectivity index (χ3n) is 2.66. The molecule has 0 aliphatic heterocycles. The number of rotatable bonds is 7. The van der Waals surface area contributed by atoms with Gasteiger partial charge >= 0.3 is 12.1 Å². The molecule has 1 atom stereocenters. The van der Waals surface area contributed by atoms with Crippen LogP contribution in [0, 0.1) is 0 Å². The number of nitrogens with zero attached hydrogens (tertiary/aromatic N) is 2. The molecule has 1 rings (SSSR count). The van der Waals surface area contributed by atoms with Crippen LogP contribution < -0.4 is 5.32 Å². The van der Waals surface area contributed by atoms with Crippen LogP contribution in [0.3, 0.4) is 0 Å². The summed E-state index contributed by atoms with van der Waals surface area (Å²) in [5.74, 6) is -1.63. The number of carbonyl (C=O) groups is 2. The van der Waals surface area contributed by atoms with Crippen molar-refractivity contribution < 1.29 is 27.9 Å². The van der Waals surface area contributed by atoms with Crippen molar-refractivity contribution in [2.45, 2.75) is 44.9 Å². The molecule has 1 unspecified atom stereocenters. The predicted molar refractivity (Wildman–Crippen MR) is 66.3 cm³/mol. The molecule has 0 aliphatic rings. The van der Waals surface area contributed by atoms with Gasteiger partial charge in [-0.1, -0.05) is 13.3 Å². The maximum absolute atomic E-state index is 12.4. The summed E-state index contributed by atoms with van der Waals surface area (Å²) >= 11 is 0. The highest BCUT2D eigenvalue weighted by atomic mass is 19.4. The average Bonchev–Trinajstić information content (AvgIpc) is 2.76. The van der Waals surface area contributed by atoms with Crippen molar-refractivity contribution in [2.75, 3.05) is 0 Å². The van der Waals surface area contributed by atoms with Gasteiger partial charge in [-0.25, -0.2) is 0 Å². The van der Waals surface area contributed by atoms with E-state index in [2.05, 4.69) is 10.4 Å². The second-order valence-corrected chi connectivity index (χ2v) is 4.55. The van der Waals surface area contributed by atoms with Crippen LogP contribution in [0.25, 0.3) is 0 Å². The van der Waals surface area contributed by atoms with Crippen molar-refractivity contribution in [3.63, 3.8) is 0 Å². The maximum atomic E-state index is 12.4. The molecule has 21 heavy (non-hydrogen) atoms. The summed E-state index contributed by atoms with van der Waals surface area (Å²) < 4.78 is 37.9. The van der Waals surface area contributed by atoms with Gasteiger partial charge in [0.15, 0.2) is 5.69 Å². The Morgan fingerprint density at radius 3 is 2.62 bits per heavy atom. The Morgan fingerprint density at radius 1 is 1.48 bits per heavy atom. The van der Waals surface area contributed by atoms with Gasteiger partial charge in [-0.2, -0.15) is 18.3 Å². The number of hydrogen-bond acceptors (Lipinski definition) is 3. The number of carbonyl (C=O) groups excluding carboxylic acids is 1. The Bertz CT molecular complexity index is 499. The van der Waals surface area contributed by atoms with Gasteiger partial charge in [-0.05, 0) is 12.5 Å². The van der Waals surface area contributed by atoms with Gasteiger partial charge < -0.3 is 10.4 Å². The molecule has 0 saturated heterocycles. The summed E-state index contributed by atoms with van der Waals surface area (Å²) in [5.41, 5.74) is -1.08. The zero-order valence-corrected chi connectivity index (χ0v) is 11.4. The average molecular weight is 307 g/mol. The van der Waals surface area contributed by atoms with Crippen LogP contribution in [0.15, 0.2) is 12.3 Å². The fourth-order valence-corrected chi connectivity index (χ4v) is 1.81. The zero-order valence-electron chi connectivity index (χ0n) is 11.4. The van der Waals surface area contributed by atoms with Gasteiger partial charge in [-0.15, -0.1) is 0 Å². The minimum atomic E-state index is -4.56. The molecule has 0 saturated carbocycles. The largest absolute Gasteiger partial charge is 0.481 e. The van der Waals surface area contributed by atoms with E-state index in [1.165, 1.54) is 0 Å². The molecular weight excluding hydrogens is 291 g/mol. The zero-order chi connectivity index (χ0) is 16.0. The van der Waals surface area contributed by atoms with Crippen LogP contribution >= 0.6 is 0 Å². The summed E-state index contributed by atoms with van der Waals surface area (Å²) in [6.07, 6.45) is -2.58. The first-order valence-corrected chi connectivity index (χ1v) is 6.34. The first-order valence-electron chi connectivity index (χ1n) is 6.34. The van der Waals surface area contributed by atoms with E-state index in [1.54, 1.807) is 0 Å². The highest BCUT2D eigenvalue weighted by Gasteiger charge is 2.33. The first-order chi connectivity index (χ1) is 9.72. The van der Waals surface area contributed by atoms with E-state index in [1.807, 2.05) is 6.92 Å². The molecule has 2 N–H and O–H groups in total. The molecule has 1 heterocycles. The molecule has 0 bridgehead atoms. The summed E-state index contributed by atoms with van der Waals surface area (Å²) in [6.45, 7) is 1.44. The van der Waals surface area contributed by atoms with Crippen LogP contribution in [0.2, 0.25) is 0 Å². The Labute approximate surface area is 118 Å². The van der Waals surface area contributed by atoms with Crippen molar-refractivity contribution in [1.82, 2.24) is 15.1 Å². The van der Waals surface area contributed by atoms with Crippen molar-refractivity contribution in [3.8, 4) is 0 Å². The number of amides is 1. The van der Waals surface area contributed by atoms with Crippen LogP contribution in [0.5, 0.6) is 0 Å². The molecule has 0 radical (unpaired) electrons. The second-order valence-electron chi connectivity index (χ2n) is 4.55. The van der Waals surface area contributed by atoms with Crippen molar-refractivity contribution in [2.24, 2.45) is 0 Å². The van der Waals surface area contributed by atoms with E-state index in [-0.39, 0.29) is 6.42 Å². The number of aliphatic carboxylic acids is 1. The Balaban J connectivity index is 2.59. The van der Waals surface area contributed by atoms with E-state index < -0.39 is 36.3 Å². The molecule has 0 fully saturated rings. The minimum absolute atomic E-state index is 0.230. The smallest absolute Gasteiger partial charge is 0.435 e. The van der Waals surface area contributed by atoms with E-state index >= 15 is 0 Å². The fraction of sp³-hybridized carbons (Fsp3) is 0.583. The maximum Gasteiger partial charge on any atom is 0.435 e. The number of nitrogens with one attached hydrogen (secondary N) is 1. The lowest BCUT2D eigenvalue weighted by Gasteiger charge is -2.16. The third-order valence-corrected chi connectivity index (χ3v) is 2.66. The van der Waals surface area contributed by atoms with Gasteiger partial charge in [0.1, 0.15) is 6.54 Å². The molecule has 1 aromatic rings. The molecular formula is C12H16F3N3O3. The highest BCUT2D eigenvalue weighted by Crippen LogP contribution is 2.27. The standard InChI is InChI=1S/C12H16F3N3O3/c1-2-3-8(6-11(20)21)16-10(19)7-18-5-4-9(17-18)12(13,14)15/h4-5,8H,2-3,6-7H2,1H3,(H,16,19)(H,20,21). The van der Waals surface area contributed by atoms with Crippen LogP contribution in [0.1, 0.15) is 31.9 Å². The number of carboxylic acid groups (broad SMARTS) is 1. The number of aromatic nitrogens is 2. The first kappa shape index (κ1) is 17.0. The van der Waals surface area contributed by atoms with Gasteiger partial charge in [0, 0.05) is 12.2 Å². The van der Waals surface area contributed by atoms with Gasteiger partial charge in [0.05, 0.1) is 6.42 Å². The fourth-order valence-electron chi connectivity index (χ4n) is 1.81. The summed E-state index contributed by atoms with van der Waals surface area (Å²) in [4.78, 5) is 22.3. The SMILES string of the molecule is CCCC(CC(=O)O)NC(=O)Cn1ccc(C(F)(F)F)n1. The van der Waals surface area contributed by atoms with Crippen LogP contribution in [-0.2, 0) is 22.3 Å². The van der Waals surface area contributed by atoms with Gasteiger partial charge in [0.2, 0.25) is 5.91 Å². The predicted octanol–water partition coefficient (Wildman–Crippen LogP) is 1.66.